The van der Waals surface area contributed by atoms with Gasteiger partial charge in [-0.05, 0) is 35.3 Å². The third kappa shape index (κ3) is 3.75. The van der Waals surface area contributed by atoms with Gasteiger partial charge >= 0.3 is 5.82 Å². The summed E-state index contributed by atoms with van der Waals surface area (Å²) in [6.07, 6.45) is 3.80. The topological polar surface area (TPSA) is 90.4 Å². The van der Waals surface area contributed by atoms with Crippen LogP contribution in [0, 0.1) is 10.1 Å². The van der Waals surface area contributed by atoms with Crippen LogP contribution in [0.4, 0.5) is 5.82 Å². The molecule has 1 aromatic heterocycles. The second-order valence-corrected chi connectivity index (χ2v) is 5.72. The largest absolute Gasteiger partial charge is 0.389 e. The first-order valence-electron chi connectivity index (χ1n) is 7.69. The van der Waals surface area contributed by atoms with Crippen molar-refractivity contribution in [3.8, 4) is 0 Å². The Hall–Kier alpha value is -2.25. The van der Waals surface area contributed by atoms with Crippen LogP contribution in [-0.4, -0.2) is 32.5 Å². The molecule has 23 heavy (non-hydrogen) atoms. The lowest BCUT2D eigenvalue weighted by atomic mass is 9.89. The Balaban J connectivity index is 1.55. The van der Waals surface area contributed by atoms with E-state index in [0.717, 1.165) is 19.3 Å². The lowest BCUT2D eigenvalue weighted by molar-refractivity contribution is -0.389. The highest BCUT2D eigenvalue weighted by atomic mass is 16.6. The Bertz CT molecular complexity index is 685. The van der Waals surface area contributed by atoms with Gasteiger partial charge in [-0.1, -0.05) is 24.3 Å². The summed E-state index contributed by atoms with van der Waals surface area (Å²) in [5.41, 5.74) is 2.50. The minimum Gasteiger partial charge on any atom is -0.389 e. The molecule has 1 aliphatic carbocycles. The van der Waals surface area contributed by atoms with Gasteiger partial charge in [0.25, 0.3) is 0 Å². The van der Waals surface area contributed by atoms with Crippen LogP contribution in [0.5, 0.6) is 0 Å². The van der Waals surface area contributed by atoms with Crippen LogP contribution < -0.4 is 0 Å². The molecule has 1 heterocycles. The van der Waals surface area contributed by atoms with Crippen molar-refractivity contribution in [2.75, 3.05) is 6.61 Å². The van der Waals surface area contributed by atoms with Crippen LogP contribution in [0.1, 0.15) is 30.1 Å². The second kappa shape index (κ2) is 6.89. The Morgan fingerprint density at radius 2 is 2.26 bits per heavy atom. The van der Waals surface area contributed by atoms with Crippen molar-refractivity contribution in [2.45, 2.75) is 38.0 Å². The average molecular weight is 317 g/mol. The molecule has 0 unspecified atom stereocenters. The number of hydrogen-bond acceptors (Lipinski definition) is 5. The number of ether oxygens (including phenoxy) is 1. The number of nitrogens with zero attached hydrogens (tertiary/aromatic N) is 3. The van der Waals surface area contributed by atoms with E-state index in [1.54, 1.807) is 0 Å². The minimum absolute atomic E-state index is 0.00144. The van der Waals surface area contributed by atoms with E-state index in [1.807, 2.05) is 12.1 Å². The molecule has 7 nitrogen and oxygen atoms in total. The fourth-order valence-electron chi connectivity index (χ4n) is 2.93. The van der Waals surface area contributed by atoms with Gasteiger partial charge in [0, 0.05) is 0 Å². The van der Waals surface area contributed by atoms with Crippen molar-refractivity contribution in [1.29, 1.82) is 0 Å². The fraction of sp³-hybridized carbons (Fsp3) is 0.438. The lowest BCUT2D eigenvalue weighted by Crippen LogP contribution is -2.24. The van der Waals surface area contributed by atoms with E-state index >= 15 is 0 Å². The lowest BCUT2D eigenvalue weighted by Gasteiger charge is -2.26. The molecule has 0 spiro atoms. The van der Waals surface area contributed by atoms with E-state index in [1.165, 1.54) is 28.1 Å². The van der Waals surface area contributed by atoms with Crippen molar-refractivity contribution >= 4 is 5.82 Å². The summed E-state index contributed by atoms with van der Waals surface area (Å²) < 4.78 is 7.23. The highest BCUT2D eigenvalue weighted by Crippen LogP contribution is 2.32. The standard InChI is InChI=1S/C16H19N3O4/c20-13(10-18-9-8-16(17-18)19(21)22)11-23-15-7-3-5-12-4-1-2-6-14(12)15/h1-2,4,6,8-9,13,15,20H,3,5,7,10-11H2/t13-,15-/m0/s1. The van der Waals surface area contributed by atoms with Gasteiger partial charge < -0.3 is 20.0 Å². The average Bonchev–Trinajstić information content (AvgIpc) is 3.01. The molecule has 0 aliphatic heterocycles. The van der Waals surface area contributed by atoms with Gasteiger partial charge in [-0.2, -0.15) is 4.68 Å². The van der Waals surface area contributed by atoms with E-state index in [2.05, 4.69) is 17.2 Å². The van der Waals surface area contributed by atoms with E-state index < -0.39 is 11.0 Å². The van der Waals surface area contributed by atoms with Crippen LogP contribution in [0.2, 0.25) is 0 Å². The van der Waals surface area contributed by atoms with Gasteiger partial charge in [0.1, 0.15) is 0 Å². The van der Waals surface area contributed by atoms with E-state index in [9.17, 15) is 15.2 Å². The van der Waals surface area contributed by atoms with Crippen LogP contribution in [0.15, 0.2) is 36.5 Å². The Labute approximate surface area is 133 Å². The van der Waals surface area contributed by atoms with Gasteiger partial charge in [-0.25, -0.2) is 0 Å². The number of hydrogen-bond donors (Lipinski definition) is 1. The molecule has 122 valence electrons. The van der Waals surface area contributed by atoms with Crippen molar-refractivity contribution in [3.05, 3.63) is 57.8 Å². The predicted molar refractivity (Wildman–Crippen MR) is 83.0 cm³/mol. The molecule has 7 heteroatoms. The predicted octanol–water partition coefficient (Wildman–Crippen LogP) is 2.25. The monoisotopic (exact) mass is 317 g/mol. The van der Waals surface area contributed by atoms with Gasteiger partial charge in [0.2, 0.25) is 0 Å². The van der Waals surface area contributed by atoms with Crippen LogP contribution >= 0.6 is 0 Å². The SMILES string of the molecule is O=[N+]([O-])c1ccn(C[C@H](O)CO[C@H]2CCCc3ccccc32)n1. The molecule has 2 atom stereocenters. The smallest absolute Gasteiger partial charge is 0.389 e. The van der Waals surface area contributed by atoms with Gasteiger partial charge in [0.05, 0.1) is 42.7 Å². The van der Waals surface area contributed by atoms with E-state index in [4.69, 9.17) is 4.74 Å². The Morgan fingerprint density at radius 1 is 1.43 bits per heavy atom. The highest BCUT2D eigenvalue weighted by Gasteiger charge is 2.22. The number of nitro groups is 1. The normalized spacial score (nSPS) is 18.4. The van der Waals surface area contributed by atoms with Crippen LogP contribution in [-0.2, 0) is 17.7 Å². The molecule has 1 aromatic carbocycles. The van der Waals surface area contributed by atoms with E-state index in [0.29, 0.717) is 0 Å². The number of fused-ring (bicyclic) bond motifs is 1. The number of aryl methyl sites for hydroxylation is 1. The molecule has 1 N–H and O–H groups in total. The summed E-state index contributed by atoms with van der Waals surface area (Å²) in [6, 6.07) is 9.53. The summed E-state index contributed by atoms with van der Waals surface area (Å²) in [7, 11) is 0. The molecule has 0 amide bonds. The Kier molecular flexibility index (Phi) is 4.68. The zero-order chi connectivity index (χ0) is 16.2. The summed E-state index contributed by atoms with van der Waals surface area (Å²) in [5, 5.41) is 24.4. The summed E-state index contributed by atoms with van der Waals surface area (Å²) >= 11 is 0. The number of aliphatic hydroxyl groups excluding tert-OH is 1. The zero-order valence-corrected chi connectivity index (χ0v) is 12.7. The number of benzene rings is 1. The van der Waals surface area contributed by atoms with E-state index in [-0.39, 0.29) is 25.1 Å². The molecule has 1 aliphatic rings. The molecule has 0 bridgehead atoms. The third-order valence-corrected chi connectivity index (χ3v) is 4.02. The third-order valence-electron chi connectivity index (χ3n) is 4.02. The maximum Gasteiger partial charge on any atom is 0.389 e. The molecule has 0 radical (unpaired) electrons. The minimum atomic E-state index is -0.761. The van der Waals surface area contributed by atoms with Crippen molar-refractivity contribution in [1.82, 2.24) is 9.78 Å². The maximum absolute atomic E-state index is 10.6. The summed E-state index contributed by atoms with van der Waals surface area (Å²) in [6.45, 7) is 0.342. The number of aromatic nitrogens is 2. The quantitative estimate of drug-likeness (QED) is 0.652. The molecular formula is C16H19N3O4. The van der Waals surface area contributed by atoms with Crippen LogP contribution in [0.25, 0.3) is 0 Å². The zero-order valence-electron chi connectivity index (χ0n) is 12.7. The maximum atomic E-state index is 10.6. The van der Waals surface area contributed by atoms with Crippen molar-refractivity contribution < 1.29 is 14.8 Å². The molecule has 0 fully saturated rings. The molecular weight excluding hydrogens is 298 g/mol. The number of rotatable bonds is 6. The molecule has 2 aromatic rings. The Morgan fingerprint density at radius 3 is 3.04 bits per heavy atom. The molecule has 3 rings (SSSR count). The first kappa shape index (κ1) is 15.6. The second-order valence-electron chi connectivity index (χ2n) is 5.72. The van der Waals surface area contributed by atoms with Gasteiger partial charge in [-0.15, -0.1) is 0 Å². The van der Waals surface area contributed by atoms with Crippen molar-refractivity contribution in [2.24, 2.45) is 0 Å². The highest BCUT2D eigenvalue weighted by molar-refractivity contribution is 5.31. The number of aliphatic hydroxyl groups is 1. The molecule has 0 saturated carbocycles. The first-order chi connectivity index (χ1) is 11.1. The van der Waals surface area contributed by atoms with Gasteiger partial charge in [0.15, 0.2) is 0 Å². The fourth-order valence-corrected chi connectivity index (χ4v) is 2.93. The molecule has 0 saturated heterocycles. The van der Waals surface area contributed by atoms with Crippen LogP contribution in [0.3, 0.4) is 0 Å². The van der Waals surface area contributed by atoms with Crippen molar-refractivity contribution in [3.63, 3.8) is 0 Å². The first-order valence-corrected chi connectivity index (χ1v) is 7.69. The summed E-state index contributed by atoms with van der Waals surface area (Å²) in [4.78, 5) is 10.0. The van der Waals surface area contributed by atoms with Gasteiger partial charge in [-0.3, -0.25) is 0 Å². The summed E-state index contributed by atoms with van der Waals surface area (Å²) in [5.74, 6) is -0.223.